The molecule has 3 amide bonds. The fourth-order valence-corrected chi connectivity index (χ4v) is 6.06. The van der Waals surface area contributed by atoms with Gasteiger partial charge in [-0.15, -0.1) is 0 Å². The molecular weight excluding hydrogens is 480 g/mol. The predicted molar refractivity (Wildman–Crippen MR) is 146 cm³/mol. The van der Waals surface area contributed by atoms with Gasteiger partial charge in [0.25, 0.3) is 0 Å². The van der Waals surface area contributed by atoms with Gasteiger partial charge in [-0.25, -0.2) is 4.79 Å². The molecule has 8 nitrogen and oxygen atoms in total. The Morgan fingerprint density at radius 2 is 1.79 bits per heavy atom. The summed E-state index contributed by atoms with van der Waals surface area (Å²) in [5.41, 5.74) is 2.59. The maximum Gasteiger partial charge on any atom is 0.415 e. The number of benzene rings is 2. The Labute approximate surface area is 224 Å². The molecule has 4 atom stereocenters. The Balaban J connectivity index is 1.12. The van der Waals surface area contributed by atoms with Crippen molar-refractivity contribution in [2.75, 3.05) is 24.5 Å². The van der Waals surface area contributed by atoms with Crippen molar-refractivity contribution in [3.05, 3.63) is 65.7 Å². The number of rotatable bonds is 8. The molecule has 0 bridgehead atoms. The van der Waals surface area contributed by atoms with Gasteiger partial charge in [0, 0.05) is 31.6 Å². The third kappa shape index (κ3) is 6.01. The van der Waals surface area contributed by atoms with Crippen LogP contribution in [-0.4, -0.2) is 60.6 Å². The molecule has 2 fully saturated rings. The Hall–Kier alpha value is -3.39. The van der Waals surface area contributed by atoms with E-state index in [1.807, 2.05) is 59.5 Å². The molecule has 0 unspecified atom stereocenters. The number of carbonyl (C=O) groups is 3. The van der Waals surface area contributed by atoms with Gasteiger partial charge in [-0.3, -0.25) is 14.5 Å². The third-order valence-corrected chi connectivity index (χ3v) is 8.20. The van der Waals surface area contributed by atoms with E-state index in [4.69, 9.17) is 4.74 Å². The first-order chi connectivity index (χ1) is 18.5. The summed E-state index contributed by atoms with van der Waals surface area (Å²) in [7, 11) is 0. The molecule has 1 saturated heterocycles. The minimum Gasteiger partial charge on any atom is -0.444 e. The number of carbonyl (C=O) groups excluding carboxylic acids is 3. The van der Waals surface area contributed by atoms with Gasteiger partial charge in [-0.2, -0.15) is 0 Å². The number of hydrogen-bond acceptors (Lipinski definition) is 5. The van der Waals surface area contributed by atoms with Gasteiger partial charge in [-0.05, 0) is 62.1 Å². The van der Waals surface area contributed by atoms with Gasteiger partial charge in [-0.1, -0.05) is 48.5 Å². The molecule has 8 heteroatoms. The van der Waals surface area contributed by atoms with E-state index in [2.05, 4.69) is 17.6 Å². The van der Waals surface area contributed by atoms with Crippen LogP contribution in [0.1, 0.15) is 50.2 Å². The van der Waals surface area contributed by atoms with Crippen molar-refractivity contribution in [2.45, 2.75) is 70.2 Å². The van der Waals surface area contributed by atoms with Crippen molar-refractivity contribution >= 4 is 23.6 Å². The fourth-order valence-electron chi connectivity index (χ4n) is 6.06. The summed E-state index contributed by atoms with van der Waals surface area (Å²) in [5, 5.41) is 6.54. The lowest BCUT2D eigenvalue weighted by Crippen LogP contribution is -2.49. The van der Waals surface area contributed by atoms with E-state index in [1.165, 1.54) is 4.90 Å². The minimum atomic E-state index is -0.633. The van der Waals surface area contributed by atoms with Crippen molar-refractivity contribution < 1.29 is 19.1 Å². The highest BCUT2D eigenvalue weighted by molar-refractivity contribution is 6.00. The smallest absolute Gasteiger partial charge is 0.415 e. The van der Waals surface area contributed by atoms with Crippen molar-refractivity contribution in [2.24, 2.45) is 5.92 Å². The highest BCUT2D eigenvalue weighted by Crippen LogP contribution is 2.33. The molecule has 0 aromatic heterocycles. The first kappa shape index (κ1) is 26.2. The van der Waals surface area contributed by atoms with Crippen molar-refractivity contribution in [1.82, 2.24) is 15.5 Å². The molecule has 1 aliphatic carbocycles. The van der Waals surface area contributed by atoms with Gasteiger partial charge < -0.3 is 20.3 Å². The Bertz CT molecular complexity index is 1140. The lowest BCUT2D eigenvalue weighted by molar-refractivity contribution is -0.130. The van der Waals surface area contributed by atoms with E-state index < -0.39 is 12.1 Å². The van der Waals surface area contributed by atoms with Crippen molar-refractivity contribution in [3.63, 3.8) is 0 Å². The van der Waals surface area contributed by atoms with Crippen LogP contribution in [0.15, 0.2) is 54.6 Å². The zero-order chi connectivity index (χ0) is 26.5. The van der Waals surface area contributed by atoms with Crippen LogP contribution in [0.4, 0.5) is 10.5 Å². The number of hydrogen-bond donors (Lipinski definition) is 2. The third-order valence-electron chi connectivity index (χ3n) is 8.20. The quantitative estimate of drug-likeness (QED) is 0.557. The molecule has 2 aromatic rings. The number of para-hydroxylation sites is 1. The number of amides is 3. The molecule has 2 aliphatic heterocycles. The second-order valence-corrected chi connectivity index (χ2v) is 10.8. The zero-order valence-electron chi connectivity index (χ0n) is 22.1. The normalized spacial score (nSPS) is 24.3. The van der Waals surface area contributed by atoms with E-state index in [0.717, 1.165) is 55.5 Å². The monoisotopic (exact) mass is 518 g/mol. The van der Waals surface area contributed by atoms with Crippen LogP contribution in [0, 0.1) is 5.92 Å². The van der Waals surface area contributed by atoms with Crippen LogP contribution in [0.2, 0.25) is 0 Å². The number of anilines is 1. The largest absolute Gasteiger partial charge is 0.444 e. The summed E-state index contributed by atoms with van der Waals surface area (Å²) in [6, 6.07) is 17.1. The molecule has 3 aliphatic rings. The Morgan fingerprint density at radius 1 is 1.00 bits per heavy atom. The van der Waals surface area contributed by atoms with E-state index in [-0.39, 0.29) is 18.4 Å². The average Bonchev–Trinajstić information content (AvgIpc) is 3.68. The second-order valence-electron chi connectivity index (χ2n) is 10.8. The SMILES string of the molecule is C[C@@H]1CCCN1C(=O)CN[C@@H]1CC[C@H](CNC(=O)[C@@H]2Cc3ccccc3N2C(=O)OCc2ccccc2)C1. The molecule has 202 valence electrons. The lowest BCUT2D eigenvalue weighted by atomic mass is 10.1. The number of nitrogens with one attached hydrogen (secondary N) is 2. The first-order valence-electron chi connectivity index (χ1n) is 13.9. The van der Waals surface area contributed by atoms with Gasteiger partial charge >= 0.3 is 6.09 Å². The molecule has 0 radical (unpaired) electrons. The minimum absolute atomic E-state index is 0.155. The summed E-state index contributed by atoms with van der Waals surface area (Å²) in [6.45, 7) is 4.08. The summed E-state index contributed by atoms with van der Waals surface area (Å²) >= 11 is 0. The number of nitrogens with zero attached hydrogens (tertiary/aromatic N) is 2. The van der Waals surface area contributed by atoms with Crippen molar-refractivity contribution in [3.8, 4) is 0 Å². The molecule has 0 spiro atoms. The zero-order valence-corrected chi connectivity index (χ0v) is 22.1. The van der Waals surface area contributed by atoms with E-state index in [0.29, 0.717) is 37.5 Å². The molecule has 2 heterocycles. The molecule has 2 N–H and O–H groups in total. The Morgan fingerprint density at radius 3 is 2.58 bits per heavy atom. The van der Waals surface area contributed by atoms with Gasteiger partial charge in [0.1, 0.15) is 12.6 Å². The topological polar surface area (TPSA) is 91.0 Å². The maximum absolute atomic E-state index is 13.3. The second kappa shape index (κ2) is 12.0. The molecular formula is C30H38N4O4. The maximum atomic E-state index is 13.3. The predicted octanol–water partition coefficient (Wildman–Crippen LogP) is 3.64. The molecule has 2 aromatic carbocycles. The van der Waals surface area contributed by atoms with E-state index >= 15 is 0 Å². The Kier molecular flexibility index (Phi) is 8.27. The van der Waals surface area contributed by atoms with Gasteiger partial charge in [0.15, 0.2) is 0 Å². The van der Waals surface area contributed by atoms with Gasteiger partial charge in [0.05, 0.1) is 12.2 Å². The average molecular weight is 519 g/mol. The summed E-state index contributed by atoms with van der Waals surface area (Å²) < 4.78 is 5.60. The summed E-state index contributed by atoms with van der Waals surface area (Å²) in [6.07, 6.45) is 5.06. The highest BCUT2D eigenvalue weighted by Gasteiger charge is 2.39. The van der Waals surface area contributed by atoms with E-state index in [1.54, 1.807) is 0 Å². The standard InChI is InChI=1S/C30H38N4O4/c1-21-8-7-15-33(21)28(35)19-31-25-14-13-23(16-25)18-32-29(36)27-17-24-11-5-6-12-26(24)34(27)30(37)38-20-22-9-3-2-4-10-22/h2-6,9-12,21,23,25,27,31H,7-8,13-20H2,1H3,(H,32,36)/t21-,23+,25-,27+/m1/s1. The number of likely N-dealkylation sites (tertiary alicyclic amines) is 1. The highest BCUT2D eigenvalue weighted by atomic mass is 16.6. The van der Waals surface area contributed by atoms with Crippen LogP contribution in [0.3, 0.4) is 0 Å². The summed E-state index contributed by atoms with van der Waals surface area (Å²) in [4.78, 5) is 42.4. The number of fused-ring (bicyclic) bond motifs is 1. The molecule has 5 rings (SSSR count). The summed E-state index contributed by atoms with van der Waals surface area (Å²) in [5.74, 6) is 0.374. The van der Waals surface area contributed by atoms with Crippen LogP contribution in [0.5, 0.6) is 0 Å². The molecule has 38 heavy (non-hydrogen) atoms. The fraction of sp³-hybridized carbons (Fsp3) is 0.500. The number of ether oxygens (including phenoxy) is 1. The van der Waals surface area contributed by atoms with Crippen LogP contribution in [0.25, 0.3) is 0 Å². The van der Waals surface area contributed by atoms with Crippen LogP contribution < -0.4 is 15.5 Å². The van der Waals surface area contributed by atoms with Crippen LogP contribution in [-0.2, 0) is 27.4 Å². The van der Waals surface area contributed by atoms with E-state index in [9.17, 15) is 14.4 Å². The van der Waals surface area contributed by atoms with Gasteiger partial charge in [0.2, 0.25) is 11.8 Å². The van der Waals surface area contributed by atoms with Crippen LogP contribution >= 0.6 is 0 Å². The molecule has 1 saturated carbocycles. The lowest BCUT2D eigenvalue weighted by Gasteiger charge is -2.25. The first-order valence-corrected chi connectivity index (χ1v) is 13.9. The van der Waals surface area contributed by atoms with Crippen molar-refractivity contribution in [1.29, 1.82) is 0 Å².